The third-order valence-electron chi connectivity index (χ3n) is 16.7. The van der Waals surface area contributed by atoms with Crippen molar-refractivity contribution in [1.82, 2.24) is 20.0 Å². The molecule has 1 aliphatic heterocycles. The van der Waals surface area contributed by atoms with Crippen LogP contribution in [0.3, 0.4) is 0 Å². The van der Waals surface area contributed by atoms with Gasteiger partial charge in [-0.1, -0.05) is 117 Å². The first-order valence-electron chi connectivity index (χ1n) is 29.8. The molecule has 4 rings (SSSR count). The van der Waals surface area contributed by atoms with Crippen molar-refractivity contribution >= 4 is 47.3 Å². The number of benzene rings is 2. The average molecular weight is 1180 g/mol. The van der Waals surface area contributed by atoms with Gasteiger partial charge in [0.2, 0.25) is 11.8 Å². The van der Waals surface area contributed by atoms with Crippen LogP contribution in [0.5, 0.6) is 5.75 Å². The fourth-order valence-electron chi connectivity index (χ4n) is 11.6. The highest BCUT2D eigenvalue weighted by Crippen LogP contribution is 2.40. The zero-order valence-electron chi connectivity index (χ0n) is 52.1. The fraction of sp³-hybridized carbons (Fsp3) is 0.656. The van der Waals surface area contributed by atoms with E-state index in [1.54, 1.807) is 76.2 Å². The second kappa shape index (κ2) is 34.8. The molecule has 20 heteroatoms. The summed E-state index contributed by atoms with van der Waals surface area (Å²) in [5.74, 6) is -5.32. The van der Waals surface area contributed by atoms with E-state index in [4.69, 9.17) is 33.2 Å². The van der Waals surface area contributed by atoms with Crippen LogP contribution in [0.4, 0.5) is 9.59 Å². The van der Waals surface area contributed by atoms with Crippen LogP contribution in [0, 0.1) is 47.3 Å². The molecule has 2 aromatic carbocycles. The Labute approximate surface area is 497 Å². The smallest absolute Gasteiger partial charge is 0.410 e. The lowest BCUT2D eigenvalue weighted by Crippen LogP contribution is -2.53. The number of ketones is 3. The van der Waals surface area contributed by atoms with Gasteiger partial charge in [-0.2, -0.15) is 0 Å². The summed E-state index contributed by atoms with van der Waals surface area (Å²) in [6, 6.07) is 13.3. The van der Waals surface area contributed by atoms with E-state index in [1.807, 2.05) is 59.7 Å². The van der Waals surface area contributed by atoms with Crippen molar-refractivity contribution in [3.63, 3.8) is 0 Å². The van der Waals surface area contributed by atoms with Crippen molar-refractivity contribution in [3.05, 3.63) is 77.9 Å². The zero-order chi connectivity index (χ0) is 62.4. The van der Waals surface area contributed by atoms with E-state index in [2.05, 4.69) is 5.32 Å². The number of aliphatic hydroxyl groups is 1. The number of carbonyl (C=O) groups excluding carboxylic acids is 8. The number of hydrogen-bond donors (Lipinski definition) is 2. The Bertz CT molecular complexity index is 2470. The normalized spacial score (nSPS) is 20.2. The number of esters is 1. The Morgan fingerprint density at radius 2 is 1.45 bits per heavy atom. The number of carbonyl (C=O) groups is 8. The van der Waals surface area contributed by atoms with Crippen molar-refractivity contribution in [1.29, 1.82) is 0 Å². The van der Waals surface area contributed by atoms with Crippen molar-refractivity contribution in [2.75, 3.05) is 61.9 Å². The molecule has 0 saturated heterocycles. The van der Waals surface area contributed by atoms with E-state index in [0.717, 1.165) is 6.42 Å². The quantitative estimate of drug-likeness (QED) is 0.0396. The minimum absolute atomic E-state index is 0.0172. The molecule has 468 valence electrons. The molecule has 2 aromatic rings. The van der Waals surface area contributed by atoms with Gasteiger partial charge in [-0.25, -0.2) is 9.59 Å². The van der Waals surface area contributed by atoms with Gasteiger partial charge < -0.3 is 58.3 Å². The molecule has 9 unspecified atom stereocenters. The summed E-state index contributed by atoms with van der Waals surface area (Å²) in [6.45, 7) is 16.8. The summed E-state index contributed by atoms with van der Waals surface area (Å²) in [5.41, 5.74) is 1.25. The third kappa shape index (κ3) is 20.3. The summed E-state index contributed by atoms with van der Waals surface area (Å²) >= 11 is 0. The Kier molecular flexibility index (Phi) is 29.2. The summed E-state index contributed by atoms with van der Waals surface area (Å²) in [7, 11) is 7.76. The molecule has 1 aliphatic carbocycles. The van der Waals surface area contributed by atoms with Gasteiger partial charge in [0.25, 0.3) is 0 Å². The van der Waals surface area contributed by atoms with Gasteiger partial charge in [-0.15, -0.1) is 0 Å². The van der Waals surface area contributed by atoms with Crippen LogP contribution in [0.2, 0.25) is 0 Å². The molecule has 0 spiro atoms. The number of hydrogen-bond acceptors (Lipinski definition) is 16. The van der Waals surface area contributed by atoms with Gasteiger partial charge in [0.05, 0.1) is 62.0 Å². The second-order valence-electron chi connectivity index (χ2n) is 23.4. The molecular formula is C64H96N4O16. The van der Waals surface area contributed by atoms with E-state index >= 15 is 0 Å². The highest BCUT2D eigenvalue weighted by atomic mass is 16.7. The summed E-state index contributed by atoms with van der Waals surface area (Å²) < 4.78 is 39.4. The van der Waals surface area contributed by atoms with Crippen molar-refractivity contribution in [3.8, 4) is 5.75 Å². The summed E-state index contributed by atoms with van der Waals surface area (Å²) in [5, 5.41) is 13.9. The highest BCUT2D eigenvalue weighted by Gasteiger charge is 2.45. The maximum atomic E-state index is 14.8. The molecule has 4 amide bonds. The highest BCUT2D eigenvalue weighted by molar-refractivity contribution is 5.92. The summed E-state index contributed by atoms with van der Waals surface area (Å²) in [4.78, 5) is 114. The van der Waals surface area contributed by atoms with Crippen molar-refractivity contribution < 1.29 is 76.6 Å². The first-order chi connectivity index (χ1) is 39.9. The molecule has 1 saturated carbocycles. The van der Waals surface area contributed by atoms with E-state index in [-0.39, 0.29) is 111 Å². The zero-order valence-corrected chi connectivity index (χ0v) is 52.1. The Morgan fingerprint density at radius 3 is 2.06 bits per heavy atom. The van der Waals surface area contributed by atoms with Crippen LogP contribution in [0.25, 0.3) is 0 Å². The Balaban J connectivity index is 1.36. The number of methoxy groups -OCH3 is 2. The van der Waals surface area contributed by atoms with Crippen LogP contribution < -0.4 is 10.1 Å². The number of amides is 4. The number of likely N-dealkylation sites (N-methyl/N-ethyl adjacent to an activating group) is 2. The minimum atomic E-state index is -0.941. The molecule has 0 bridgehead atoms. The number of nitrogens with zero attached hydrogens (tertiary/aromatic N) is 3. The number of ether oxygens (including phenoxy) is 7. The van der Waals surface area contributed by atoms with Crippen molar-refractivity contribution in [2.45, 2.75) is 163 Å². The number of rotatable bonds is 32. The maximum absolute atomic E-state index is 14.8. The SMILES string of the molecule is CCC(=O)C(CC(=O)Oc1ccc(COC(=O)N(C)[C@H](C(=O)CC(C(=O)N(C)C(C(CC(=O)C2CCCC2C(OC)C(C)C(=O)N[C@H](C)[C@@H](O)c2ccccc2)OC)[C@@H](C)CC)C(C)C)C(C)C)cc1)CN(C)C(=O)OC1/C=C/COCOC1. The van der Waals surface area contributed by atoms with Crippen LogP contribution in [-0.4, -0.2) is 165 Å². The average Bonchev–Trinajstić information content (AvgIpc) is 3.26. The van der Waals surface area contributed by atoms with Crippen molar-refractivity contribution in [2.24, 2.45) is 47.3 Å². The van der Waals surface area contributed by atoms with Gasteiger partial charge in [0.1, 0.15) is 36.8 Å². The Morgan fingerprint density at radius 1 is 0.774 bits per heavy atom. The predicted octanol–water partition coefficient (Wildman–Crippen LogP) is 8.55. The molecule has 20 nitrogen and oxygen atoms in total. The van der Waals surface area contributed by atoms with Crippen LogP contribution in [-0.2, 0) is 63.8 Å². The first kappa shape index (κ1) is 70.4. The van der Waals surface area contributed by atoms with E-state index in [9.17, 15) is 43.5 Å². The fourth-order valence-corrected chi connectivity index (χ4v) is 11.6. The topological polar surface area (TPSA) is 243 Å². The third-order valence-corrected chi connectivity index (χ3v) is 16.7. The first-order valence-corrected chi connectivity index (χ1v) is 29.8. The molecule has 1 heterocycles. The molecular weight excluding hydrogens is 1080 g/mol. The number of aliphatic hydroxyl groups excluding tert-OH is 1. The number of Topliss-reactive ketones (excluding diaryl/α,β-unsaturated/α-hetero) is 3. The molecule has 0 radical (unpaired) electrons. The van der Waals surface area contributed by atoms with Crippen LogP contribution in [0.1, 0.15) is 131 Å². The van der Waals surface area contributed by atoms with Crippen LogP contribution >= 0.6 is 0 Å². The maximum Gasteiger partial charge on any atom is 0.410 e. The lowest BCUT2D eigenvalue weighted by molar-refractivity contribution is -0.147. The number of nitrogens with one attached hydrogen (secondary N) is 1. The standard InChI is InChI=1S/C64H96N4O16/c1-15-41(7)58(55(78-13)34-53(70)49-25-20-26-50(49)60(79-14)42(8)61(74)65-43(9)59(73)45-22-18-17-19-23-45)67(11)62(75)51(39(3)4)33-54(71)57(40(5)6)68(12)64(77)82-36-44-27-29-47(30-28-44)83-56(72)32-46(52(69)16-2)35-66(10)63(76)84-48-24-21-31-80-38-81-37-48/h17-19,21-24,27-30,39-43,46,48-51,55,57-60,73H,15-16,20,25-26,31-38H2,1-14H3,(H,65,74)/b24-21+/t41-,42?,43+,46?,48?,49?,50?,51?,55?,57-,58?,59+,60?/m0/s1. The molecule has 84 heavy (non-hydrogen) atoms. The summed E-state index contributed by atoms with van der Waals surface area (Å²) in [6.07, 6.45) is 1.56. The van der Waals surface area contributed by atoms with E-state index in [0.29, 0.717) is 37.0 Å². The molecule has 2 aliphatic rings. The largest absolute Gasteiger partial charge is 0.445 e. The van der Waals surface area contributed by atoms with Gasteiger partial charge in [-0.3, -0.25) is 28.8 Å². The van der Waals surface area contributed by atoms with Gasteiger partial charge in [0.15, 0.2) is 5.78 Å². The monoisotopic (exact) mass is 1180 g/mol. The minimum Gasteiger partial charge on any atom is -0.445 e. The van der Waals surface area contributed by atoms with E-state index < -0.39 is 84.4 Å². The predicted molar refractivity (Wildman–Crippen MR) is 315 cm³/mol. The van der Waals surface area contributed by atoms with Gasteiger partial charge in [0, 0.05) is 78.9 Å². The van der Waals surface area contributed by atoms with Gasteiger partial charge >= 0.3 is 18.2 Å². The molecule has 1 fully saturated rings. The molecule has 13 atom stereocenters. The second-order valence-corrected chi connectivity index (χ2v) is 23.4. The molecule has 0 aromatic heterocycles. The van der Waals surface area contributed by atoms with E-state index in [1.165, 1.54) is 43.1 Å². The lowest BCUT2D eigenvalue weighted by Gasteiger charge is -2.40. The van der Waals surface area contributed by atoms with Crippen LogP contribution in [0.15, 0.2) is 66.7 Å². The Hall–Kier alpha value is -6.06. The lowest BCUT2D eigenvalue weighted by atomic mass is 9.79. The van der Waals surface area contributed by atoms with Gasteiger partial charge in [-0.05, 0) is 72.8 Å². The molecule has 2 N–H and O–H groups in total.